The van der Waals surface area contributed by atoms with Gasteiger partial charge < -0.3 is 15.2 Å². The Balaban J connectivity index is 1.68. The maximum absolute atomic E-state index is 7.93. The fourth-order valence-corrected chi connectivity index (χ4v) is 3.63. The molecule has 7 heteroatoms. The Hall–Kier alpha value is -1.89. The number of nitrogens with one attached hydrogen (secondary N) is 3. The molecule has 7 nitrogen and oxygen atoms in total. The third kappa shape index (κ3) is 2.49. The topological polar surface area (TPSA) is 91.5 Å². The molecule has 0 amide bonds. The van der Waals surface area contributed by atoms with Gasteiger partial charge in [-0.05, 0) is 38.8 Å². The molecule has 22 heavy (non-hydrogen) atoms. The van der Waals surface area contributed by atoms with Crippen LogP contribution in [0.15, 0.2) is 6.33 Å². The highest BCUT2D eigenvalue weighted by atomic mass is 15.2. The predicted octanol–water partition coefficient (Wildman–Crippen LogP) is 2.02. The Kier molecular flexibility index (Phi) is 3.57. The van der Waals surface area contributed by atoms with Crippen molar-refractivity contribution in [1.29, 1.82) is 0 Å². The molecule has 1 aliphatic carbocycles. The number of rotatable bonds is 3. The van der Waals surface area contributed by atoms with E-state index in [1.807, 2.05) is 6.33 Å². The Labute approximate surface area is 129 Å². The minimum atomic E-state index is 0.0729. The second-order valence-corrected chi connectivity index (χ2v) is 6.33. The van der Waals surface area contributed by atoms with Crippen LogP contribution in [0.4, 0.5) is 11.8 Å². The molecule has 2 aliphatic rings. The maximum Gasteiger partial charge on any atom is 0.245 e. The molecule has 117 valence electrons. The molecule has 2 fully saturated rings. The van der Waals surface area contributed by atoms with Crippen LogP contribution < -0.4 is 16.4 Å². The average molecular weight is 300 g/mol. The molecule has 1 aliphatic heterocycles. The number of fused-ring (bicyclic) bond motifs is 1. The van der Waals surface area contributed by atoms with Crippen molar-refractivity contribution in [3.63, 3.8) is 0 Å². The van der Waals surface area contributed by atoms with Crippen LogP contribution in [0.3, 0.4) is 0 Å². The Bertz CT molecular complexity index is 653. The summed E-state index contributed by atoms with van der Waals surface area (Å²) in [6.45, 7) is 2.05. The lowest BCUT2D eigenvalue weighted by molar-refractivity contribution is 0.478. The summed E-state index contributed by atoms with van der Waals surface area (Å²) >= 11 is 0. The lowest BCUT2D eigenvalue weighted by Gasteiger charge is -2.24. The van der Waals surface area contributed by atoms with Gasteiger partial charge in [-0.25, -0.2) is 4.98 Å². The second kappa shape index (κ2) is 5.72. The van der Waals surface area contributed by atoms with E-state index < -0.39 is 0 Å². The van der Waals surface area contributed by atoms with Gasteiger partial charge in [0.25, 0.3) is 0 Å². The van der Waals surface area contributed by atoms with E-state index >= 15 is 0 Å². The first-order valence-corrected chi connectivity index (χ1v) is 8.25. The third-order valence-electron chi connectivity index (χ3n) is 4.82. The maximum atomic E-state index is 7.93. The largest absolute Gasteiger partial charge is 0.365 e. The molecule has 3 heterocycles. The van der Waals surface area contributed by atoms with Crippen molar-refractivity contribution >= 4 is 22.9 Å². The number of hydrogen-bond donors (Lipinski definition) is 2. The number of aromatic nitrogens is 4. The van der Waals surface area contributed by atoms with E-state index in [4.69, 9.17) is 5.73 Å². The summed E-state index contributed by atoms with van der Waals surface area (Å²) in [7, 11) is 0. The fourth-order valence-electron chi connectivity index (χ4n) is 3.63. The van der Waals surface area contributed by atoms with Crippen molar-refractivity contribution in [3.8, 4) is 0 Å². The Morgan fingerprint density at radius 3 is 2.68 bits per heavy atom. The van der Waals surface area contributed by atoms with Gasteiger partial charge in [-0.1, -0.05) is 12.8 Å². The van der Waals surface area contributed by atoms with Crippen LogP contribution in [-0.4, -0.2) is 38.7 Å². The van der Waals surface area contributed by atoms with Crippen molar-refractivity contribution in [2.75, 3.05) is 18.4 Å². The van der Waals surface area contributed by atoms with Crippen molar-refractivity contribution in [3.05, 3.63) is 6.33 Å². The van der Waals surface area contributed by atoms with Crippen molar-refractivity contribution < 1.29 is 0 Å². The van der Waals surface area contributed by atoms with Gasteiger partial charge in [-0.2, -0.15) is 9.97 Å². The molecule has 3 N–H and O–H groups in total. The summed E-state index contributed by atoms with van der Waals surface area (Å²) in [6.07, 6.45) is 8.92. The van der Waals surface area contributed by atoms with E-state index in [9.17, 15) is 0 Å². The molecule has 4 rings (SSSR count). The van der Waals surface area contributed by atoms with Gasteiger partial charge in [-0.3, -0.25) is 5.73 Å². The summed E-state index contributed by atoms with van der Waals surface area (Å²) in [5.41, 5.74) is 9.54. The highest BCUT2D eigenvalue weighted by molar-refractivity contribution is 5.84. The fraction of sp³-hybridized carbons (Fsp3) is 0.667. The van der Waals surface area contributed by atoms with Gasteiger partial charge in [0, 0.05) is 12.1 Å². The highest BCUT2D eigenvalue weighted by Gasteiger charge is 2.22. The molecule has 1 saturated heterocycles. The zero-order chi connectivity index (χ0) is 14.9. The molecular formula is C15H22N7. The van der Waals surface area contributed by atoms with E-state index in [-0.39, 0.29) is 5.95 Å². The molecular weight excluding hydrogens is 278 g/mol. The average Bonchev–Trinajstić information content (AvgIpc) is 3.16. The summed E-state index contributed by atoms with van der Waals surface area (Å²) in [6, 6.07) is 0.876. The highest BCUT2D eigenvalue weighted by Crippen LogP contribution is 2.33. The van der Waals surface area contributed by atoms with Gasteiger partial charge in [0.15, 0.2) is 17.0 Å². The number of anilines is 1. The van der Waals surface area contributed by atoms with Gasteiger partial charge in [0.1, 0.15) is 0 Å². The van der Waals surface area contributed by atoms with Crippen LogP contribution in [-0.2, 0) is 0 Å². The van der Waals surface area contributed by atoms with E-state index in [1.54, 1.807) is 0 Å². The lowest BCUT2D eigenvalue weighted by atomic mass is 10.1. The SMILES string of the molecule is [NH]c1nc(NC2CCNCC2)c2ncn(C3CCCC3)c2n1. The number of nitrogens with zero attached hydrogens (tertiary/aromatic N) is 4. The second-order valence-electron chi connectivity index (χ2n) is 6.33. The van der Waals surface area contributed by atoms with Crippen molar-refractivity contribution in [2.24, 2.45) is 0 Å². The summed E-state index contributed by atoms with van der Waals surface area (Å²) in [5, 5.41) is 6.84. The van der Waals surface area contributed by atoms with Gasteiger partial charge in [-0.15, -0.1) is 0 Å². The predicted molar refractivity (Wildman–Crippen MR) is 85.1 cm³/mol. The zero-order valence-electron chi connectivity index (χ0n) is 12.7. The smallest absolute Gasteiger partial charge is 0.245 e. The monoisotopic (exact) mass is 300 g/mol. The summed E-state index contributed by atoms with van der Waals surface area (Å²) in [5.74, 6) is 0.794. The molecule has 0 unspecified atom stereocenters. The van der Waals surface area contributed by atoms with Crippen LogP contribution in [0.5, 0.6) is 0 Å². The Morgan fingerprint density at radius 1 is 1.14 bits per heavy atom. The van der Waals surface area contributed by atoms with Gasteiger partial charge in [0.05, 0.1) is 6.33 Å². The van der Waals surface area contributed by atoms with E-state index in [1.165, 1.54) is 25.7 Å². The van der Waals surface area contributed by atoms with Gasteiger partial charge >= 0.3 is 0 Å². The van der Waals surface area contributed by atoms with Gasteiger partial charge in [0.2, 0.25) is 5.95 Å². The van der Waals surface area contributed by atoms with Crippen LogP contribution >= 0.6 is 0 Å². The number of imidazole rings is 1. The molecule has 0 aromatic carbocycles. The van der Waals surface area contributed by atoms with E-state index in [0.29, 0.717) is 12.1 Å². The number of hydrogen-bond acceptors (Lipinski definition) is 5. The lowest BCUT2D eigenvalue weighted by Crippen LogP contribution is -2.35. The minimum absolute atomic E-state index is 0.0729. The molecule has 0 bridgehead atoms. The third-order valence-corrected chi connectivity index (χ3v) is 4.82. The number of piperidine rings is 1. The van der Waals surface area contributed by atoms with E-state index in [0.717, 1.165) is 42.9 Å². The minimum Gasteiger partial charge on any atom is -0.365 e. The molecule has 1 radical (unpaired) electrons. The molecule has 2 aromatic heterocycles. The molecule has 0 atom stereocenters. The van der Waals surface area contributed by atoms with Crippen molar-refractivity contribution in [2.45, 2.75) is 50.6 Å². The van der Waals surface area contributed by atoms with Crippen LogP contribution in [0.25, 0.3) is 11.2 Å². The molecule has 0 spiro atoms. The van der Waals surface area contributed by atoms with Crippen LogP contribution in [0, 0.1) is 0 Å². The molecule has 1 saturated carbocycles. The standard InChI is InChI=1S/C15H22N7/c16-15-20-13(19-10-5-7-17-8-6-10)12-14(21-15)22(9-18-12)11-3-1-2-4-11/h9-11,16-17H,1-8H2,(H,19,20,21). The summed E-state index contributed by atoms with van der Waals surface area (Å²) in [4.78, 5) is 13.2. The molecule has 2 aromatic rings. The zero-order valence-corrected chi connectivity index (χ0v) is 12.7. The van der Waals surface area contributed by atoms with Crippen molar-refractivity contribution in [1.82, 2.24) is 30.6 Å². The van der Waals surface area contributed by atoms with Crippen LogP contribution in [0.2, 0.25) is 0 Å². The Morgan fingerprint density at radius 2 is 1.91 bits per heavy atom. The first-order chi connectivity index (χ1) is 10.8. The summed E-state index contributed by atoms with van der Waals surface area (Å²) < 4.78 is 2.15. The normalized spacial score (nSPS) is 20.7. The quantitative estimate of drug-likeness (QED) is 0.905. The first-order valence-electron chi connectivity index (χ1n) is 8.25. The van der Waals surface area contributed by atoms with E-state index in [2.05, 4.69) is 30.2 Å². The van der Waals surface area contributed by atoms with Crippen LogP contribution in [0.1, 0.15) is 44.6 Å². The first kappa shape index (κ1) is 13.8.